The van der Waals surface area contributed by atoms with Gasteiger partial charge in [0.25, 0.3) is 5.56 Å². The molecule has 1 saturated carbocycles. The Morgan fingerprint density at radius 2 is 2.18 bits per heavy atom. The Labute approximate surface area is 173 Å². The third-order valence-corrected chi connectivity index (χ3v) is 8.05. The summed E-state index contributed by atoms with van der Waals surface area (Å²) in [5, 5.41) is 4.58. The highest BCUT2D eigenvalue weighted by molar-refractivity contribution is 7.99. The number of rotatable bonds is 6. The SMILES string of the molecule is C=CCn1c(SCC(=O)NC2CCCCC2C)nc2sc3c(c2c1=O)CCC3. The number of aromatic nitrogens is 2. The number of thioether (sulfide) groups is 1. The molecule has 0 bridgehead atoms. The van der Waals surface area contributed by atoms with Crippen LogP contribution in [0.5, 0.6) is 0 Å². The lowest BCUT2D eigenvalue weighted by Gasteiger charge is -2.29. The normalized spacial score (nSPS) is 21.6. The Balaban J connectivity index is 1.54. The third-order valence-electron chi connectivity index (χ3n) is 5.89. The van der Waals surface area contributed by atoms with E-state index in [0.717, 1.165) is 35.9 Å². The number of allylic oxidation sites excluding steroid dienone is 1. The van der Waals surface area contributed by atoms with Crippen LogP contribution in [-0.2, 0) is 24.2 Å². The van der Waals surface area contributed by atoms with Crippen molar-refractivity contribution in [2.24, 2.45) is 5.92 Å². The van der Waals surface area contributed by atoms with Crippen LogP contribution in [0.15, 0.2) is 22.6 Å². The van der Waals surface area contributed by atoms with Crippen LogP contribution in [0.4, 0.5) is 0 Å². The van der Waals surface area contributed by atoms with E-state index in [1.54, 1.807) is 22.0 Å². The fraction of sp³-hybridized carbons (Fsp3) is 0.571. The van der Waals surface area contributed by atoms with Crippen molar-refractivity contribution in [1.82, 2.24) is 14.9 Å². The van der Waals surface area contributed by atoms with Gasteiger partial charge in [-0.3, -0.25) is 14.2 Å². The first-order valence-electron chi connectivity index (χ1n) is 10.2. The predicted molar refractivity (Wildman–Crippen MR) is 116 cm³/mol. The van der Waals surface area contributed by atoms with Crippen LogP contribution in [0, 0.1) is 5.92 Å². The largest absolute Gasteiger partial charge is 0.352 e. The molecule has 2 aromatic heterocycles. The number of hydrogen-bond acceptors (Lipinski definition) is 5. The average molecular weight is 418 g/mol. The van der Waals surface area contributed by atoms with Crippen molar-refractivity contribution in [2.75, 3.05) is 5.75 Å². The van der Waals surface area contributed by atoms with Gasteiger partial charge in [-0.05, 0) is 43.6 Å². The molecule has 2 atom stereocenters. The zero-order chi connectivity index (χ0) is 19.7. The molecule has 0 aromatic carbocycles. The van der Waals surface area contributed by atoms with E-state index in [9.17, 15) is 9.59 Å². The van der Waals surface area contributed by atoms with Crippen molar-refractivity contribution in [2.45, 2.75) is 69.6 Å². The van der Waals surface area contributed by atoms with Crippen LogP contribution >= 0.6 is 23.1 Å². The molecule has 28 heavy (non-hydrogen) atoms. The van der Waals surface area contributed by atoms with Crippen molar-refractivity contribution >= 4 is 39.2 Å². The zero-order valence-electron chi connectivity index (χ0n) is 16.3. The zero-order valence-corrected chi connectivity index (χ0v) is 18.0. The topological polar surface area (TPSA) is 64.0 Å². The van der Waals surface area contributed by atoms with Crippen LogP contribution in [0.3, 0.4) is 0 Å². The number of nitrogens with zero attached hydrogens (tertiary/aromatic N) is 2. The lowest BCUT2D eigenvalue weighted by Crippen LogP contribution is -2.41. The van der Waals surface area contributed by atoms with Crippen molar-refractivity contribution in [1.29, 1.82) is 0 Å². The summed E-state index contributed by atoms with van der Waals surface area (Å²) in [6.45, 7) is 6.41. The summed E-state index contributed by atoms with van der Waals surface area (Å²) >= 11 is 2.99. The molecular formula is C21H27N3O2S2. The maximum atomic E-state index is 13.1. The number of fused-ring (bicyclic) bond motifs is 3. The molecule has 2 aromatic rings. The fourth-order valence-corrected chi connectivity index (χ4v) is 6.49. The second kappa shape index (κ2) is 8.41. The van der Waals surface area contributed by atoms with Gasteiger partial charge in [-0.2, -0.15) is 0 Å². The first-order valence-corrected chi connectivity index (χ1v) is 12.0. The van der Waals surface area contributed by atoms with Crippen LogP contribution in [-0.4, -0.2) is 27.3 Å². The summed E-state index contributed by atoms with van der Waals surface area (Å²) < 4.78 is 1.67. The molecule has 7 heteroatoms. The van der Waals surface area contributed by atoms with Crippen molar-refractivity contribution in [3.05, 3.63) is 33.4 Å². The highest BCUT2D eigenvalue weighted by atomic mass is 32.2. The maximum Gasteiger partial charge on any atom is 0.263 e. The molecule has 4 rings (SSSR count). The number of thiophene rings is 1. The number of carbonyl (C=O) groups is 1. The van der Waals surface area contributed by atoms with Gasteiger partial charge in [0, 0.05) is 17.5 Å². The highest BCUT2D eigenvalue weighted by Gasteiger charge is 2.25. The number of aryl methyl sites for hydroxylation is 2. The molecule has 1 amide bonds. The van der Waals surface area contributed by atoms with Crippen molar-refractivity contribution < 1.29 is 4.79 Å². The Bertz CT molecular complexity index is 963. The minimum absolute atomic E-state index is 0.00751. The molecule has 2 heterocycles. The first-order chi connectivity index (χ1) is 13.6. The van der Waals surface area contributed by atoms with Crippen LogP contribution in [0.1, 0.15) is 49.5 Å². The van der Waals surface area contributed by atoms with E-state index in [4.69, 9.17) is 4.98 Å². The quantitative estimate of drug-likeness (QED) is 0.440. The maximum absolute atomic E-state index is 13.1. The Kier molecular flexibility index (Phi) is 5.92. The Morgan fingerprint density at radius 1 is 1.36 bits per heavy atom. The van der Waals surface area contributed by atoms with Gasteiger partial charge < -0.3 is 5.32 Å². The highest BCUT2D eigenvalue weighted by Crippen LogP contribution is 2.35. The van der Waals surface area contributed by atoms with Crippen molar-refractivity contribution in [3.63, 3.8) is 0 Å². The number of nitrogens with one attached hydrogen (secondary N) is 1. The molecule has 0 spiro atoms. The van der Waals surface area contributed by atoms with E-state index in [1.165, 1.54) is 41.5 Å². The van der Waals surface area contributed by atoms with E-state index in [2.05, 4.69) is 18.8 Å². The van der Waals surface area contributed by atoms with Gasteiger partial charge in [-0.15, -0.1) is 17.9 Å². The van der Waals surface area contributed by atoms with Gasteiger partial charge >= 0.3 is 0 Å². The molecule has 0 aliphatic heterocycles. The van der Waals surface area contributed by atoms with Crippen molar-refractivity contribution in [3.8, 4) is 0 Å². The minimum atomic E-state index is 0.00751. The molecule has 1 N–H and O–H groups in total. The molecule has 5 nitrogen and oxygen atoms in total. The Morgan fingerprint density at radius 3 is 2.96 bits per heavy atom. The smallest absolute Gasteiger partial charge is 0.263 e. The summed E-state index contributed by atoms with van der Waals surface area (Å²) in [6, 6.07) is 0.271. The van der Waals surface area contributed by atoms with Gasteiger partial charge in [0.05, 0.1) is 11.1 Å². The number of hydrogen-bond donors (Lipinski definition) is 1. The van der Waals surface area contributed by atoms with E-state index in [-0.39, 0.29) is 23.3 Å². The van der Waals surface area contributed by atoms with Crippen LogP contribution < -0.4 is 10.9 Å². The van der Waals surface area contributed by atoms with Gasteiger partial charge in [0.2, 0.25) is 5.91 Å². The summed E-state index contributed by atoms with van der Waals surface area (Å²) in [4.78, 5) is 32.5. The number of amides is 1. The summed E-state index contributed by atoms with van der Waals surface area (Å²) in [7, 11) is 0. The molecule has 0 radical (unpaired) electrons. The van der Waals surface area contributed by atoms with E-state index < -0.39 is 0 Å². The monoisotopic (exact) mass is 417 g/mol. The molecule has 2 aliphatic carbocycles. The molecular weight excluding hydrogens is 390 g/mol. The standard InChI is InChI=1S/C21H27N3O2S2/c1-3-11-24-20(26)18-14-8-6-10-16(14)28-19(18)23-21(24)27-12-17(25)22-15-9-5-4-7-13(15)2/h3,13,15H,1,4-12H2,2H3,(H,22,25). The minimum Gasteiger partial charge on any atom is -0.352 e. The van der Waals surface area contributed by atoms with Gasteiger partial charge in [-0.25, -0.2) is 4.98 Å². The lowest BCUT2D eigenvalue weighted by molar-refractivity contribution is -0.119. The van der Waals surface area contributed by atoms with Gasteiger partial charge in [0.15, 0.2) is 5.16 Å². The summed E-state index contributed by atoms with van der Waals surface area (Å²) in [5.41, 5.74) is 1.20. The van der Waals surface area contributed by atoms with Crippen LogP contribution in [0.2, 0.25) is 0 Å². The molecule has 2 aliphatic rings. The lowest BCUT2D eigenvalue weighted by atomic mass is 9.86. The van der Waals surface area contributed by atoms with Gasteiger partial charge in [-0.1, -0.05) is 37.6 Å². The predicted octanol–water partition coefficient (Wildman–Crippen LogP) is 3.92. The fourth-order valence-electron chi connectivity index (χ4n) is 4.37. The number of carbonyl (C=O) groups excluding carboxylic acids is 1. The van der Waals surface area contributed by atoms with Gasteiger partial charge in [0.1, 0.15) is 4.83 Å². The van der Waals surface area contributed by atoms with E-state index in [0.29, 0.717) is 17.6 Å². The molecule has 2 unspecified atom stereocenters. The Hall–Kier alpha value is -1.60. The third kappa shape index (κ3) is 3.79. The van der Waals surface area contributed by atoms with Crippen LogP contribution in [0.25, 0.3) is 10.2 Å². The molecule has 0 saturated heterocycles. The summed E-state index contributed by atoms with van der Waals surface area (Å²) in [6.07, 6.45) is 9.52. The second-order valence-corrected chi connectivity index (χ2v) is 9.89. The molecule has 150 valence electrons. The van der Waals surface area contributed by atoms with E-state index in [1.807, 2.05) is 0 Å². The molecule has 1 fully saturated rings. The first kappa shape index (κ1) is 19.7. The average Bonchev–Trinajstić information content (AvgIpc) is 3.25. The summed E-state index contributed by atoms with van der Waals surface area (Å²) in [5.74, 6) is 0.838. The second-order valence-electron chi connectivity index (χ2n) is 7.86. The van der Waals surface area contributed by atoms with E-state index >= 15 is 0 Å².